The van der Waals surface area contributed by atoms with Crippen LogP contribution in [0.2, 0.25) is 0 Å². The molecule has 0 saturated carbocycles. The Hall–Kier alpha value is -1.11. The number of nitrogens with one attached hydrogen (secondary N) is 1. The fourth-order valence-electron chi connectivity index (χ4n) is 3.05. The lowest BCUT2D eigenvalue weighted by atomic mass is 10.2. The van der Waals surface area contributed by atoms with E-state index < -0.39 is 0 Å². The molecule has 3 heterocycles. The zero-order chi connectivity index (χ0) is 14.5. The highest BCUT2D eigenvalue weighted by atomic mass is 32.1. The largest absolute Gasteiger partial charge is 0.379 e. The predicted octanol–water partition coefficient (Wildman–Crippen LogP) is 1.75. The van der Waals surface area contributed by atoms with Gasteiger partial charge in [-0.05, 0) is 35.2 Å². The van der Waals surface area contributed by atoms with Gasteiger partial charge < -0.3 is 15.0 Å². The molecule has 0 spiro atoms. The van der Waals surface area contributed by atoms with Gasteiger partial charge in [0.05, 0.1) is 13.2 Å². The summed E-state index contributed by atoms with van der Waals surface area (Å²) in [5.41, 5.74) is 1.18. The van der Waals surface area contributed by atoms with Gasteiger partial charge in [-0.1, -0.05) is 0 Å². The van der Waals surface area contributed by atoms with Crippen molar-refractivity contribution < 1.29 is 9.53 Å². The number of carbonyl (C=O) groups excluding carboxylic acids is 1. The van der Waals surface area contributed by atoms with E-state index in [1.165, 1.54) is 5.56 Å². The van der Waals surface area contributed by atoms with Crippen molar-refractivity contribution in [2.45, 2.75) is 25.4 Å². The normalized spacial score (nSPS) is 23.4. The minimum atomic E-state index is 0.0805. The van der Waals surface area contributed by atoms with Crippen LogP contribution < -0.4 is 5.32 Å². The molecule has 0 unspecified atom stereocenters. The third-order valence-corrected chi connectivity index (χ3v) is 4.97. The zero-order valence-electron chi connectivity index (χ0n) is 12.3. The molecule has 21 heavy (non-hydrogen) atoms. The highest BCUT2D eigenvalue weighted by molar-refractivity contribution is 7.07. The number of hydrogen-bond donors (Lipinski definition) is 1. The number of amides is 2. The number of ether oxygens (including phenoxy) is 1. The van der Waals surface area contributed by atoms with Crippen molar-refractivity contribution in [3.8, 4) is 0 Å². The van der Waals surface area contributed by atoms with Crippen molar-refractivity contribution in [2.24, 2.45) is 0 Å². The van der Waals surface area contributed by atoms with Gasteiger partial charge in [0, 0.05) is 38.8 Å². The molecule has 0 radical (unpaired) electrons. The number of urea groups is 1. The second-order valence-corrected chi connectivity index (χ2v) is 6.47. The molecule has 2 aliphatic rings. The van der Waals surface area contributed by atoms with Gasteiger partial charge in [0.2, 0.25) is 0 Å². The first-order valence-corrected chi connectivity index (χ1v) is 8.63. The first-order chi connectivity index (χ1) is 10.3. The lowest BCUT2D eigenvalue weighted by molar-refractivity contribution is 0.0292. The third kappa shape index (κ3) is 3.96. The molecular formula is C15H23N3O2S. The molecule has 1 atom stereocenters. The summed E-state index contributed by atoms with van der Waals surface area (Å²) in [6.07, 6.45) is 2.23. The fraction of sp³-hybridized carbons (Fsp3) is 0.667. The Morgan fingerprint density at radius 2 is 2.24 bits per heavy atom. The van der Waals surface area contributed by atoms with Crippen molar-refractivity contribution in [1.29, 1.82) is 0 Å². The van der Waals surface area contributed by atoms with Crippen LogP contribution in [0.15, 0.2) is 16.8 Å². The maximum absolute atomic E-state index is 12.4. The number of hydrogen-bond acceptors (Lipinski definition) is 4. The average Bonchev–Trinajstić information content (AvgIpc) is 3.17. The Balaban J connectivity index is 1.49. The van der Waals surface area contributed by atoms with Crippen LogP contribution in [-0.4, -0.2) is 61.3 Å². The van der Waals surface area contributed by atoms with Gasteiger partial charge in [-0.15, -0.1) is 0 Å². The predicted molar refractivity (Wildman–Crippen MR) is 83.5 cm³/mol. The monoisotopic (exact) mass is 309 g/mol. The maximum atomic E-state index is 12.4. The van der Waals surface area contributed by atoms with Crippen LogP contribution in [0.5, 0.6) is 0 Å². The van der Waals surface area contributed by atoms with E-state index in [2.05, 4.69) is 21.7 Å². The van der Waals surface area contributed by atoms with E-state index in [4.69, 9.17) is 4.74 Å². The summed E-state index contributed by atoms with van der Waals surface area (Å²) >= 11 is 1.66. The SMILES string of the molecule is O=C(NCc1ccsc1)N1CCC[C@H]1CN1CCOCC1. The summed E-state index contributed by atoms with van der Waals surface area (Å²) in [6.45, 7) is 6.10. The lowest BCUT2D eigenvalue weighted by Gasteiger charge is -2.32. The summed E-state index contributed by atoms with van der Waals surface area (Å²) in [7, 11) is 0. The summed E-state index contributed by atoms with van der Waals surface area (Å²) in [4.78, 5) is 16.8. The molecule has 2 saturated heterocycles. The molecule has 0 aliphatic carbocycles. The number of thiophene rings is 1. The Kier molecular flexibility index (Phi) is 5.11. The van der Waals surface area contributed by atoms with Crippen LogP contribution in [0.4, 0.5) is 4.79 Å². The molecule has 116 valence electrons. The van der Waals surface area contributed by atoms with Crippen LogP contribution >= 0.6 is 11.3 Å². The molecule has 6 heteroatoms. The molecule has 1 N–H and O–H groups in total. The van der Waals surface area contributed by atoms with E-state index in [1.54, 1.807) is 11.3 Å². The summed E-state index contributed by atoms with van der Waals surface area (Å²) in [5, 5.41) is 7.16. The quantitative estimate of drug-likeness (QED) is 0.922. The van der Waals surface area contributed by atoms with Crippen molar-refractivity contribution >= 4 is 17.4 Å². The van der Waals surface area contributed by atoms with Crippen LogP contribution in [-0.2, 0) is 11.3 Å². The first-order valence-electron chi connectivity index (χ1n) is 7.68. The van der Waals surface area contributed by atoms with E-state index in [-0.39, 0.29) is 6.03 Å². The minimum absolute atomic E-state index is 0.0805. The molecule has 2 fully saturated rings. The smallest absolute Gasteiger partial charge is 0.317 e. The Morgan fingerprint density at radius 3 is 3.00 bits per heavy atom. The molecule has 2 aliphatic heterocycles. The van der Waals surface area contributed by atoms with Gasteiger partial charge in [0.1, 0.15) is 0 Å². The van der Waals surface area contributed by atoms with Crippen LogP contribution in [0.1, 0.15) is 18.4 Å². The topological polar surface area (TPSA) is 44.8 Å². The molecule has 5 nitrogen and oxygen atoms in total. The van der Waals surface area contributed by atoms with Crippen LogP contribution in [0.25, 0.3) is 0 Å². The van der Waals surface area contributed by atoms with E-state index in [9.17, 15) is 4.79 Å². The van der Waals surface area contributed by atoms with Gasteiger partial charge in [-0.2, -0.15) is 11.3 Å². The number of morpholine rings is 1. The van der Waals surface area contributed by atoms with Crippen molar-refractivity contribution in [2.75, 3.05) is 39.4 Å². The Bertz CT molecular complexity index is 446. The van der Waals surface area contributed by atoms with E-state index >= 15 is 0 Å². The van der Waals surface area contributed by atoms with Crippen molar-refractivity contribution in [3.05, 3.63) is 22.4 Å². The third-order valence-electron chi connectivity index (χ3n) is 4.23. The van der Waals surface area contributed by atoms with E-state index in [0.717, 1.165) is 52.2 Å². The van der Waals surface area contributed by atoms with Gasteiger partial charge in [-0.25, -0.2) is 4.79 Å². The van der Waals surface area contributed by atoms with Gasteiger partial charge >= 0.3 is 6.03 Å². The molecule has 0 aromatic carbocycles. The van der Waals surface area contributed by atoms with Gasteiger partial charge in [0.15, 0.2) is 0 Å². The fourth-order valence-corrected chi connectivity index (χ4v) is 3.72. The summed E-state index contributed by atoms with van der Waals surface area (Å²) in [6, 6.07) is 2.49. The van der Waals surface area contributed by atoms with Gasteiger partial charge in [-0.3, -0.25) is 4.90 Å². The number of nitrogens with zero attached hydrogens (tertiary/aromatic N) is 2. The number of rotatable bonds is 4. The zero-order valence-corrected chi connectivity index (χ0v) is 13.1. The molecule has 1 aromatic rings. The van der Waals surface area contributed by atoms with Gasteiger partial charge in [0.25, 0.3) is 0 Å². The Morgan fingerprint density at radius 1 is 1.38 bits per heavy atom. The van der Waals surface area contributed by atoms with Crippen LogP contribution in [0.3, 0.4) is 0 Å². The second-order valence-electron chi connectivity index (χ2n) is 5.69. The molecule has 3 rings (SSSR count). The summed E-state index contributed by atoms with van der Waals surface area (Å²) < 4.78 is 5.38. The molecule has 1 aromatic heterocycles. The highest BCUT2D eigenvalue weighted by Crippen LogP contribution is 2.19. The van der Waals surface area contributed by atoms with Crippen molar-refractivity contribution in [1.82, 2.24) is 15.1 Å². The molecule has 2 amide bonds. The van der Waals surface area contributed by atoms with E-state index in [1.807, 2.05) is 10.3 Å². The van der Waals surface area contributed by atoms with E-state index in [0.29, 0.717) is 12.6 Å². The average molecular weight is 309 g/mol. The molecular weight excluding hydrogens is 286 g/mol. The number of carbonyl (C=O) groups is 1. The summed E-state index contributed by atoms with van der Waals surface area (Å²) in [5.74, 6) is 0. The minimum Gasteiger partial charge on any atom is -0.379 e. The first kappa shape index (κ1) is 14.8. The second kappa shape index (κ2) is 7.24. The lowest BCUT2D eigenvalue weighted by Crippen LogP contribution is -2.49. The highest BCUT2D eigenvalue weighted by Gasteiger charge is 2.30. The standard InChI is InChI=1S/C15H23N3O2S/c19-15(16-10-13-3-9-21-12-13)18-4-1-2-14(18)11-17-5-7-20-8-6-17/h3,9,12,14H,1-2,4-8,10-11H2,(H,16,19)/t14-/m0/s1. The van der Waals surface area contributed by atoms with Crippen molar-refractivity contribution in [3.63, 3.8) is 0 Å². The maximum Gasteiger partial charge on any atom is 0.317 e. The Labute approximate surface area is 129 Å². The van der Waals surface area contributed by atoms with Crippen LogP contribution in [0, 0.1) is 0 Å². The number of likely N-dealkylation sites (tertiary alicyclic amines) is 1. The molecule has 0 bridgehead atoms.